The number of carbonyl (C=O) groups is 1. The first-order chi connectivity index (χ1) is 11.7. The first-order valence-corrected chi connectivity index (χ1v) is 9.14. The van der Waals surface area contributed by atoms with Crippen molar-refractivity contribution in [1.29, 1.82) is 0 Å². The molecule has 2 heterocycles. The van der Waals surface area contributed by atoms with Gasteiger partial charge in [0.25, 0.3) is 5.91 Å². The van der Waals surface area contributed by atoms with Crippen LogP contribution in [0, 0.1) is 0 Å². The van der Waals surface area contributed by atoms with Gasteiger partial charge in [-0.25, -0.2) is 0 Å². The van der Waals surface area contributed by atoms with Crippen LogP contribution in [0.2, 0.25) is 0 Å². The van der Waals surface area contributed by atoms with Crippen molar-refractivity contribution in [2.45, 2.75) is 38.6 Å². The van der Waals surface area contributed by atoms with Gasteiger partial charge in [-0.3, -0.25) is 4.79 Å². The second-order valence-corrected chi connectivity index (χ2v) is 6.82. The van der Waals surface area contributed by atoms with Gasteiger partial charge in [-0.1, -0.05) is 19.1 Å². The first-order valence-electron chi connectivity index (χ1n) is 8.35. The number of hydrogen-bond acceptors (Lipinski definition) is 4. The van der Waals surface area contributed by atoms with Crippen LogP contribution in [0.4, 0.5) is 11.6 Å². The van der Waals surface area contributed by atoms with Gasteiger partial charge in [0.05, 0.1) is 5.56 Å². The second-order valence-electron chi connectivity index (χ2n) is 5.96. The molecule has 1 fully saturated rings. The molecule has 0 spiro atoms. The van der Waals surface area contributed by atoms with E-state index in [4.69, 9.17) is 0 Å². The number of benzene rings is 1. The number of piperidine rings is 1. The lowest BCUT2D eigenvalue weighted by atomic mass is 10.0. The Balaban J connectivity index is 1.70. The lowest BCUT2D eigenvalue weighted by molar-refractivity contribution is 0.102. The molecule has 1 amide bonds. The van der Waals surface area contributed by atoms with Crippen LogP contribution in [0.5, 0.6) is 0 Å². The van der Waals surface area contributed by atoms with Crippen molar-refractivity contribution in [2.75, 3.05) is 16.8 Å². The number of carbonyl (C=O) groups excluding carboxylic acids is 1. The van der Waals surface area contributed by atoms with Crippen LogP contribution >= 0.6 is 15.9 Å². The zero-order chi connectivity index (χ0) is 16.9. The number of nitrogens with zero attached hydrogens (tertiary/aromatic N) is 3. The predicted octanol–water partition coefficient (Wildman–Crippen LogP) is 4.26. The average molecular weight is 389 g/mol. The molecule has 1 aliphatic rings. The number of hydrogen-bond donors (Lipinski definition) is 1. The summed E-state index contributed by atoms with van der Waals surface area (Å²) in [7, 11) is 0. The molecule has 1 saturated heterocycles. The summed E-state index contributed by atoms with van der Waals surface area (Å²) in [6.07, 6.45) is 4.79. The molecule has 1 atom stereocenters. The minimum Gasteiger partial charge on any atom is -0.352 e. The van der Waals surface area contributed by atoms with Crippen molar-refractivity contribution < 1.29 is 4.79 Å². The summed E-state index contributed by atoms with van der Waals surface area (Å²) in [5.74, 6) is 1.15. The van der Waals surface area contributed by atoms with Gasteiger partial charge >= 0.3 is 0 Å². The van der Waals surface area contributed by atoms with Crippen molar-refractivity contribution in [3.8, 4) is 0 Å². The molecule has 0 saturated carbocycles. The summed E-state index contributed by atoms with van der Waals surface area (Å²) >= 11 is 3.38. The third-order valence-corrected chi connectivity index (χ3v) is 5.09. The minimum atomic E-state index is -0.200. The first kappa shape index (κ1) is 16.9. The summed E-state index contributed by atoms with van der Waals surface area (Å²) in [6, 6.07) is 11.6. The molecule has 0 aliphatic carbocycles. The molecule has 2 aromatic rings. The Hall–Kier alpha value is -1.95. The van der Waals surface area contributed by atoms with Crippen LogP contribution < -0.4 is 10.2 Å². The minimum absolute atomic E-state index is 0.200. The Morgan fingerprint density at radius 3 is 2.79 bits per heavy atom. The molecule has 1 aromatic heterocycles. The summed E-state index contributed by atoms with van der Waals surface area (Å²) < 4.78 is 0.756. The number of aromatic nitrogens is 2. The van der Waals surface area contributed by atoms with Gasteiger partial charge < -0.3 is 10.2 Å². The predicted molar refractivity (Wildman–Crippen MR) is 99.4 cm³/mol. The molecule has 126 valence electrons. The highest BCUT2D eigenvalue weighted by Gasteiger charge is 2.22. The maximum atomic E-state index is 12.3. The van der Waals surface area contributed by atoms with Gasteiger partial charge in [0.1, 0.15) is 0 Å². The number of halogens is 1. The van der Waals surface area contributed by atoms with Gasteiger partial charge in [-0.2, -0.15) is 0 Å². The Morgan fingerprint density at radius 2 is 2.08 bits per heavy atom. The molecule has 1 N–H and O–H groups in total. The van der Waals surface area contributed by atoms with Gasteiger partial charge in [-0.15, -0.1) is 10.2 Å². The number of nitrogens with one attached hydrogen (secondary N) is 1. The Labute approximate surface area is 150 Å². The van der Waals surface area contributed by atoms with E-state index in [0.29, 0.717) is 17.4 Å². The maximum absolute atomic E-state index is 12.3. The summed E-state index contributed by atoms with van der Waals surface area (Å²) in [6.45, 7) is 3.23. The van der Waals surface area contributed by atoms with Crippen molar-refractivity contribution in [3.05, 3.63) is 46.4 Å². The van der Waals surface area contributed by atoms with E-state index >= 15 is 0 Å². The lowest BCUT2D eigenvalue weighted by Gasteiger charge is -2.35. The lowest BCUT2D eigenvalue weighted by Crippen LogP contribution is -2.39. The zero-order valence-corrected chi connectivity index (χ0v) is 15.3. The smallest absolute Gasteiger partial charge is 0.258 e. The van der Waals surface area contributed by atoms with E-state index in [9.17, 15) is 4.79 Å². The molecular formula is C18H21BrN4O. The molecular weight excluding hydrogens is 368 g/mol. The van der Waals surface area contributed by atoms with Crippen LogP contribution in [0.1, 0.15) is 43.0 Å². The average Bonchev–Trinajstić information content (AvgIpc) is 2.62. The van der Waals surface area contributed by atoms with Crippen molar-refractivity contribution >= 4 is 33.5 Å². The third-order valence-electron chi connectivity index (χ3n) is 4.40. The van der Waals surface area contributed by atoms with Gasteiger partial charge in [0, 0.05) is 17.1 Å². The highest BCUT2D eigenvalue weighted by Crippen LogP contribution is 2.25. The van der Waals surface area contributed by atoms with Crippen LogP contribution in [0.25, 0.3) is 0 Å². The fourth-order valence-electron chi connectivity index (χ4n) is 3.10. The monoisotopic (exact) mass is 388 g/mol. The molecule has 0 radical (unpaired) electrons. The van der Waals surface area contributed by atoms with Crippen molar-refractivity contribution in [3.63, 3.8) is 0 Å². The molecule has 6 heteroatoms. The topological polar surface area (TPSA) is 58.1 Å². The highest BCUT2D eigenvalue weighted by molar-refractivity contribution is 9.10. The Bertz CT molecular complexity index is 704. The van der Waals surface area contributed by atoms with E-state index in [1.807, 2.05) is 30.3 Å². The molecule has 3 rings (SSSR count). The molecule has 24 heavy (non-hydrogen) atoms. The molecule has 1 unspecified atom stereocenters. The highest BCUT2D eigenvalue weighted by atomic mass is 79.9. The SMILES string of the molecule is CCC1CCCCN1c1ccc(NC(=O)c2ccccc2Br)nn1. The van der Waals surface area contributed by atoms with E-state index in [0.717, 1.165) is 23.3 Å². The van der Waals surface area contributed by atoms with E-state index in [1.54, 1.807) is 6.07 Å². The number of anilines is 2. The summed E-state index contributed by atoms with van der Waals surface area (Å²) in [5, 5.41) is 11.3. The normalized spacial score (nSPS) is 17.6. The van der Waals surface area contributed by atoms with Gasteiger partial charge in [0.15, 0.2) is 11.6 Å². The van der Waals surface area contributed by atoms with E-state index in [1.165, 1.54) is 19.3 Å². The third kappa shape index (κ3) is 3.75. The van der Waals surface area contributed by atoms with Crippen LogP contribution in [-0.4, -0.2) is 28.7 Å². The molecule has 5 nitrogen and oxygen atoms in total. The second kappa shape index (κ2) is 7.75. The molecule has 1 aromatic carbocycles. The zero-order valence-electron chi connectivity index (χ0n) is 13.7. The summed E-state index contributed by atoms with van der Waals surface area (Å²) in [5.41, 5.74) is 0.574. The van der Waals surface area contributed by atoms with E-state index in [2.05, 4.69) is 43.3 Å². The Kier molecular flexibility index (Phi) is 5.45. The maximum Gasteiger partial charge on any atom is 0.258 e. The summed E-state index contributed by atoms with van der Waals surface area (Å²) in [4.78, 5) is 14.6. The van der Waals surface area contributed by atoms with E-state index in [-0.39, 0.29) is 5.91 Å². The van der Waals surface area contributed by atoms with Crippen LogP contribution in [0.15, 0.2) is 40.9 Å². The van der Waals surface area contributed by atoms with Crippen molar-refractivity contribution in [2.24, 2.45) is 0 Å². The van der Waals surface area contributed by atoms with Gasteiger partial charge in [-0.05, 0) is 65.9 Å². The van der Waals surface area contributed by atoms with Gasteiger partial charge in [0.2, 0.25) is 0 Å². The Morgan fingerprint density at radius 1 is 1.25 bits per heavy atom. The number of amides is 1. The molecule has 0 bridgehead atoms. The largest absolute Gasteiger partial charge is 0.352 e. The van der Waals surface area contributed by atoms with E-state index < -0.39 is 0 Å². The quantitative estimate of drug-likeness (QED) is 0.849. The van der Waals surface area contributed by atoms with Crippen LogP contribution in [0.3, 0.4) is 0 Å². The molecule has 1 aliphatic heterocycles. The fourth-order valence-corrected chi connectivity index (χ4v) is 3.57. The van der Waals surface area contributed by atoms with Crippen LogP contribution in [-0.2, 0) is 0 Å². The fraction of sp³-hybridized carbons (Fsp3) is 0.389. The number of rotatable bonds is 4. The standard InChI is InChI=1S/C18H21BrN4O/c1-2-13-7-5-6-12-23(13)17-11-10-16(21-22-17)20-18(24)14-8-3-4-9-15(14)19/h3-4,8-11,13H,2,5-7,12H2,1H3,(H,20,21,24). The van der Waals surface area contributed by atoms with Crippen molar-refractivity contribution in [1.82, 2.24) is 10.2 Å².